The van der Waals surface area contributed by atoms with Gasteiger partial charge in [0.25, 0.3) is 6.29 Å². The molecule has 2 atom stereocenters. The number of carboxylic acid groups (broad SMARTS) is 1. The highest BCUT2D eigenvalue weighted by Crippen LogP contribution is 2.19. The summed E-state index contributed by atoms with van der Waals surface area (Å²) in [7, 11) is 5.99. The lowest BCUT2D eigenvalue weighted by Gasteiger charge is -2.25. The Morgan fingerprint density at radius 2 is 0.643 bits per heavy atom. The minimum absolute atomic E-state index is 0.178. The number of carbonyl (C=O) groups excluding carboxylic acids is 2. The zero-order chi connectivity index (χ0) is 61.2. The molecule has 0 fully saturated rings. The number of esters is 2. The van der Waals surface area contributed by atoms with E-state index in [4.69, 9.17) is 18.9 Å². The summed E-state index contributed by atoms with van der Waals surface area (Å²) in [5.41, 5.74) is 0. The van der Waals surface area contributed by atoms with E-state index >= 15 is 0 Å². The van der Waals surface area contributed by atoms with Crippen molar-refractivity contribution in [2.24, 2.45) is 0 Å². The molecule has 0 saturated heterocycles. The first-order valence-corrected chi connectivity index (χ1v) is 36.7. The van der Waals surface area contributed by atoms with Crippen LogP contribution in [-0.2, 0) is 33.3 Å². The van der Waals surface area contributed by atoms with Crippen molar-refractivity contribution < 1.29 is 42.9 Å². The third-order valence-corrected chi connectivity index (χ3v) is 16.6. The fourth-order valence-corrected chi connectivity index (χ4v) is 11.0. The normalized spacial score (nSPS) is 12.8. The molecule has 0 spiro atoms. The van der Waals surface area contributed by atoms with Gasteiger partial charge in [0.15, 0.2) is 6.10 Å². The maximum atomic E-state index is 12.9. The van der Waals surface area contributed by atoms with Crippen LogP contribution in [0.25, 0.3) is 0 Å². The Balaban J connectivity index is 4.04. The summed E-state index contributed by atoms with van der Waals surface area (Å²) in [5, 5.41) is 9.75. The number of carbonyl (C=O) groups is 3. The number of unbranched alkanes of at least 4 members (excludes halogenated alkanes) is 48. The van der Waals surface area contributed by atoms with Gasteiger partial charge in [-0.2, -0.15) is 0 Å². The monoisotopic (exact) mass is 1190 g/mol. The van der Waals surface area contributed by atoms with Crippen molar-refractivity contribution in [3.63, 3.8) is 0 Å². The average molecular weight is 1190 g/mol. The number of carboxylic acids is 1. The SMILES string of the molecule is CCCCCCC/C=C\C/C=C\C/C=C\CCCCCCCCCCCCCCC(=O)OC(COC(=O)CCCCCCCCCCCCCCCCCCCCCCCCCCCCCCCCCC)COC(OCC[N+](C)(C)C)C(=O)O. The molecule has 0 bridgehead atoms. The standard InChI is InChI=1S/C75H141NO8/c1-6-8-10-12-14-16-18-20-22-24-26-28-30-32-34-35-36-37-38-40-41-43-45-47-49-51-53-55-57-59-61-63-65-72(77)82-69-71(70-83-75(74(79)80)81-68-67-76(3,4)5)84-73(78)66-64-62-60-58-56-54-52-50-48-46-44-42-39-33-31-29-27-25-23-21-19-17-15-13-11-9-7-2/h19,21,25,27,31,33,71,75H,6-18,20,22-24,26,28-30,32,34-70H2,1-5H3/p+1/b21-19-,27-25-,33-31-. The molecule has 84 heavy (non-hydrogen) atoms. The van der Waals surface area contributed by atoms with Crippen molar-refractivity contribution in [2.75, 3.05) is 47.5 Å². The number of quaternary nitrogens is 1. The molecule has 0 aromatic rings. The quantitative estimate of drug-likeness (QED) is 0.0211. The third kappa shape index (κ3) is 67.0. The maximum absolute atomic E-state index is 12.9. The minimum Gasteiger partial charge on any atom is -0.477 e. The molecule has 0 saturated carbocycles. The lowest BCUT2D eigenvalue weighted by molar-refractivity contribution is -0.870. The van der Waals surface area contributed by atoms with Gasteiger partial charge in [0.1, 0.15) is 13.2 Å². The summed E-state index contributed by atoms with van der Waals surface area (Å²) in [6, 6.07) is 0. The highest BCUT2D eigenvalue weighted by molar-refractivity contribution is 5.71. The second kappa shape index (κ2) is 66.5. The molecule has 9 nitrogen and oxygen atoms in total. The molecular weight excluding hydrogens is 1040 g/mol. The van der Waals surface area contributed by atoms with Crippen LogP contribution in [0, 0.1) is 0 Å². The molecule has 0 amide bonds. The number of hydrogen-bond donors (Lipinski definition) is 1. The van der Waals surface area contributed by atoms with Gasteiger partial charge in [0.05, 0.1) is 34.4 Å². The second-order valence-corrected chi connectivity index (χ2v) is 26.3. The van der Waals surface area contributed by atoms with Crippen LogP contribution in [0.5, 0.6) is 0 Å². The first-order chi connectivity index (χ1) is 41.1. The Labute approximate surface area is 521 Å². The largest absolute Gasteiger partial charge is 0.477 e. The van der Waals surface area contributed by atoms with Gasteiger partial charge in [-0.15, -0.1) is 0 Å². The number of ether oxygens (including phenoxy) is 4. The summed E-state index contributed by atoms with van der Waals surface area (Å²) in [4.78, 5) is 37.6. The van der Waals surface area contributed by atoms with E-state index in [0.717, 1.165) is 51.4 Å². The first-order valence-electron chi connectivity index (χ1n) is 36.7. The number of rotatable bonds is 69. The molecule has 0 radical (unpaired) electrons. The van der Waals surface area contributed by atoms with Crippen molar-refractivity contribution in [1.82, 2.24) is 0 Å². The zero-order valence-electron chi connectivity index (χ0n) is 56.6. The van der Waals surface area contributed by atoms with E-state index in [9.17, 15) is 19.5 Å². The highest BCUT2D eigenvalue weighted by Gasteiger charge is 2.25. The fraction of sp³-hybridized carbons (Fsp3) is 0.880. The van der Waals surface area contributed by atoms with Crippen LogP contribution in [0.4, 0.5) is 0 Å². The van der Waals surface area contributed by atoms with E-state index in [1.165, 1.54) is 289 Å². The first kappa shape index (κ1) is 81.5. The number of likely N-dealkylation sites (N-methyl/N-ethyl adjacent to an activating group) is 1. The van der Waals surface area contributed by atoms with Gasteiger partial charge < -0.3 is 28.5 Å². The van der Waals surface area contributed by atoms with E-state index < -0.39 is 18.4 Å². The number of hydrogen-bond acceptors (Lipinski definition) is 7. The molecule has 1 N–H and O–H groups in total. The van der Waals surface area contributed by atoms with Crippen molar-refractivity contribution in [2.45, 2.75) is 379 Å². The van der Waals surface area contributed by atoms with E-state index in [0.29, 0.717) is 17.4 Å². The maximum Gasteiger partial charge on any atom is 0.361 e. The van der Waals surface area contributed by atoms with E-state index in [-0.39, 0.29) is 38.2 Å². The summed E-state index contributed by atoms with van der Waals surface area (Å²) in [6.07, 6.45) is 81.3. The predicted molar refractivity (Wildman–Crippen MR) is 360 cm³/mol. The molecule has 0 rings (SSSR count). The molecular formula is C75H142NO8+. The van der Waals surface area contributed by atoms with Crippen molar-refractivity contribution in [3.05, 3.63) is 36.5 Å². The predicted octanol–water partition coefficient (Wildman–Crippen LogP) is 22.8. The molecule has 0 aromatic heterocycles. The molecule has 2 unspecified atom stereocenters. The average Bonchev–Trinajstić information content (AvgIpc) is 3.51. The number of nitrogens with zero attached hydrogens (tertiary/aromatic N) is 1. The number of allylic oxidation sites excluding steroid dienone is 6. The molecule has 0 aliphatic carbocycles. The molecule has 0 heterocycles. The third-order valence-electron chi connectivity index (χ3n) is 16.6. The Hall–Kier alpha value is -2.49. The topological polar surface area (TPSA) is 108 Å². The van der Waals surface area contributed by atoms with Crippen molar-refractivity contribution in [1.29, 1.82) is 0 Å². The van der Waals surface area contributed by atoms with Crippen LogP contribution in [0.15, 0.2) is 36.5 Å². The summed E-state index contributed by atoms with van der Waals surface area (Å²) >= 11 is 0. The Bertz CT molecular complexity index is 1470. The van der Waals surface area contributed by atoms with Gasteiger partial charge in [-0.3, -0.25) is 9.59 Å². The van der Waals surface area contributed by atoms with Gasteiger partial charge in [-0.25, -0.2) is 4.79 Å². The van der Waals surface area contributed by atoms with Crippen LogP contribution in [0.3, 0.4) is 0 Å². The van der Waals surface area contributed by atoms with Gasteiger partial charge in [-0.05, 0) is 51.4 Å². The molecule has 9 heteroatoms. The van der Waals surface area contributed by atoms with Gasteiger partial charge in [0.2, 0.25) is 0 Å². The Kier molecular flexibility index (Phi) is 64.5. The van der Waals surface area contributed by atoms with Gasteiger partial charge >= 0.3 is 17.9 Å². The fourth-order valence-electron chi connectivity index (χ4n) is 11.0. The van der Waals surface area contributed by atoms with Gasteiger partial charge in [0, 0.05) is 12.8 Å². The Morgan fingerprint density at radius 1 is 0.357 bits per heavy atom. The second-order valence-electron chi connectivity index (χ2n) is 26.3. The zero-order valence-corrected chi connectivity index (χ0v) is 56.6. The lowest BCUT2D eigenvalue weighted by atomic mass is 10.0. The van der Waals surface area contributed by atoms with Crippen LogP contribution >= 0.6 is 0 Å². The smallest absolute Gasteiger partial charge is 0.361 e. The Morgan fingerprint density at radius 3 is 0.952 bits per heavy atom. The van der Waals surface area contributed by atoms with E-state index in [1.54, 1.807) is 0 Å². The van der Waals surface area contributed by atoms with E-state index in [2.05, 4.69) is 50.3 Å². The molecule has 0 aliphatic heterocycles. The van der Waals surface area contributed by atoms with Crippen LogP contribution in [0.1, 0.15) is 367 Å². The molecule has 494 valence electrons. The van der Waals surface area contributed by atoms with Crippen molar-refractivity contribution >= 4 is 17.9 Å². The van der Waals surface area contributed by atoms with Crippen molar-refractivity contribution in [3.8, 4) is 0 Å². The molecule has 0 aliphatic rings. The summed E-state index contributed by atoms with van der Waals surface area (Å²) < 4.78 is 23.0. The summed E-state index contributed by atoms with van der Waals surface area (Å²) in [6.45, 7) is 4.93. The van der Waals surface area contributed by atoms with Crippen LogP contribution < -0.4 is 0 Å². The molecule has 0 aromatic carbocycles. The number of aliphatic carboxylic acids is 1. The summed E-state index contributed by atoms with van der Waals surface area (Å²) in [5.74, 6) is -1.98. The van der Waals surface area contributed by atoms with E-state index in [1.807, 2.05) is 21.1 Å². The lowest BCUT2D eigenvalue weighted by Crippen LogP contribution is -2.40. The minimum atomic E-state index is -1.51. The van der Waals surface area contributed by atoms with Crippen LogP contribution in [0.2, 0.25) is 0 Å². The van der Waals surface area contributed by atoms with Crippen LogP contribution in [-0.4, -0.2) is 87.4 Å². The van der Waals surface area contributed by atoms with Gasteiger partial charge in [-0.1, -0.05) is 339 Å². The highest BCUT2D eigenvalue weighted by atomic mass is 16.7.